The van der Waals surface area contributed by atoms with Gasteiger partial charge in [-0.2, -0.15) is 4.31 Å². The number of hydrogen-bond donors (Lipinski definition) is 0. The SMILES string of the molecule is O=C([C@@H]1COc2ccc(Cl)cc2C1)N1CCN(S(=O)(=O)c2cccc(Br)c2)CC1. The van der Waals surface area contributed by atoms with Crippen LogP contribution in [0, 0.1) is 5.92 Å². The quantitative estimate of drug-likeness (QED) is 0.651. The Morgan fingerprint density at radius 2 is 1.86 bits per heavy atom. The molecule has 2 aliphatic rings. The number of fused-ring (bicyclic) bond motifs is 1. The number of nitrogens with zero attached hydrogens (tertiary/aromatic N) is 2. The average Bonchev–Trinajstić information content (AvgIpc) is 2.72. The van der Waals surface area contributed by atoms with Crippen LogP contribution in [-0.4, -0.2) is 56.3 Å². The van der Waals surface area contributed by atoms with Crippen LogP contribution in [-0.2, 0) is 21.2 Å². The number of piperazine rings is 1. The van der Waals surface area contributed by atoms with E-state index in [4.69, 9.17) is 16.3 Å². The molecular weight excluding hydrogens is 480 g/mol. The van der Waals surface area contributed by atoms with Gasteiger partial charge < -0.3 is 9.64 Å². The fourth-order valence-corrected chi connectivity index (χ4v) is 5.92. The van der Waals surface area contributed by atoms with E-state index < -0.39 is 10.0 Å². The number of ether oxygens (including phenoxy) is 1. The second-order valence-electron chi connectivity index (χ2n) is 7.15. The molecule has 9 heteroatoms. The largest absolute Gasteiger partial charge is 0.492 e. The van der Waals surface area contributed by atoms with Crippen molar-refractivity contribution in [2.45, 2.75) is 11.3 Å². The van der Waals surface area contributed by atoms with Gasteiger partial charge in [-0.15, -0.1) is 0 Å². The molecule has 2 aliphatic heterocycles. The highest BCUT2D eigenvalue weighted by Gasteiger charge is 2.34. The molecule has 0 aromatic heterocycles. The third-order valence-corrected chi connectivity index (χ3v) is 7.89. The van der Waals surface area contributed by atoms with E-state index in [9.17, 15) is 13.2 Å². The third kappa shape index (κ3) is 4.30. The fraction of sp³-hybridized carbons (Fsp3) is 0.350. The maximum atomic E-state index is 13.0. The lowest BCUT2D eigenvalue weighted by Gasteiger charge is -2.36. The molecule has 2 heterocycles. The number of carbonyl (C=O) groups is 1. The van der Waals surface area contributed by atoms with Gasteiger partial charge in [0.05, 0.1) is 10.8 Å². The van der Waals surface area contributed by atoms with Gasteiger partial charge in [0.15, 0.2) is 0 Å². The zero-order chi connectivity index (χ0) is 20.6. The van der Waals surface area contributed by atoms with Crippen LogP contribution in [0.2, 0.25) is 5.02 Å². The van der Waals surface area contributed by atoms with Crippen LogP contribution in [0.25, 0.3) is 0 Å². The Hall–Kier alpha value is -1.61. The predicted octanol–water partition coefficient (Wildman–Crippen LogP) is 3.19. The molecular formula is C20H20BrClN2O4S. The first kappa shape index (κ1) is 20.7. The molecule has 154 valence electrons. The summed E-state index contributed by atoms with van der Waals surface area (Å²) in [5.74, 6) is 0.479. The highest BCUT2D eigenvalue weighted by atomic mass is 79.9. The highest BCUT2D eigenvalue weighted by Crippen LogP contribution is 2.31. The molecule has 0 radical (unpaired) electrons. The summed E-state index contributed by atoms with van der Waals surface area (Å²) in [6.45, 7) is 1.60. The van der Waals surface area contributed by atoms with Gasteiger partial charge in [-0.25, -0.2) is 8.42 Å². The van der Waals surface area contributed by atoms with Crippen molar-refractivity contribution in [3.8, 4) is 5.75 Å². The number of amides is 1. The van der Waals surface area contributed by atoms with Gasteiger partial charge >= 0.3 is 0 Å². The first-order valence-electron chi connectivity index (χ1n) is 9.30. The Morgan fingerprint density at radius 1 is 1.10 bits per heavy atom. The van der Waals surface area contributed by atoms with Crippen LogP contribution in [0.3, 0.4) is 0 Å². The first-order chi connectivity index (χ1) is 13.8. The van der Waals surface area contributed by atoms with Crippen molar-refractivity contribution < 1.29 is 17.9 Å². The van der Waals surface area contributed by atoms with Gasteiger partial charge in [0, 0.05) is 35.7 Å². The highest BCUT2D eigenvalue weighted by molar-refractivity contribution is 9.10. The third-order valence-electron chi connectivity index (χ3n) is 5.26. The lowest BCUT2D eigenvalue weighted by atomic mass is 9.95. The van der Waals surface area contributed by atoms with Crippen LogP contribution in [0.15, 0.2) is 51.8 Å². The summed E-state index contributed by atoms with van der Waals surface area (Å²) in [7, 11) is -3.58. The van der Waals surface area contributed by atoms with Crippen molar-refractivity contribution in [1.29, 1.82) is 0 Å². The predicted molar refractivity (Wildman–Crippen MR) is 114 cm³/mol. The minimum Gasteiger partial charge on any atom is -0.492 e. The van der Waals surface area contributed by atoms with Gasteiger partial charge in [0.1, 0.15) is 12.4 Å². The summed E-state index contributed by atoms with van der Waals surface area (Å²) >= 11 is 9.37. The molecule has 0 unspecified atom stereocenters. The van der Waals surface area contributed by atoms with Gasteiger partial charge in [-0.05, 0) is 48.4 Å². The van der Waals surface area contributed by atoms with Crippen LogP contribution in [0.1, 0.15) is 5.56 Å². The van der Waals surface area contributed by atoms with Crippen molar-refractivity contribution in [1.82, 2.24) is 9.21 Å². The molecule has 0 saturated carbocycles. The molecule has 1 fully saturated rings. The van der Waals surface area contributed by atoms with Crippen LogP contribution >= 0.6 is 27.5 Å². The zero-order valence-corrected chi connectivity index (χ0v) is 18.7. The number of benzene rings is 2. The van der Waals surface area contributed by atoms with E-state index in [1.54, 1.807) is 35.2 Å². The molecule has 1 atom stereocenters. The first-order valence-corrected chi connectivity index (χ1v) is 11.9. The Kier molecular flexibility index (Phi) is 5.88. The summed E-state index contributed by atoms with van der Waals surface area (Å²) in [6, 6.07) is 12.1. The molecule has 0 aliphatic carbocycles. The summed E-state index contributed by atoms with van der Waals surface area (Å²) in [5.41, 5.74) is 0.929. The summed E-state index contributed by atoms with van der Waals surface area (Å²) < 4.78 is 33.6. The van der Waals surface area contributed by atoms with Gasteiger partial charge in [0.2, 0.25) is 15.9 Å². The molecule has 1 saturated heterocycles. The maximum absolute atomic E-state index is 13.0. The Bertz CT molecular complexity index is 1040. The fourth-order valence-electron chi connectivity index (χ4n) is 3.71. The van der Waals surface area contributed by atoms with E-state index in [2.05, 4.69) is 15.9 Å². The second kappa shape index (κ2) is 8.26. The Balaban J connectivity index is 1.40. The molecule has 2 aromatic rings. The number of sulfonamides is 1. The van der Waals surface area contributed by atoms with E-state index >= 15 is 0 Å². The summed E-state index contributed by atoms with van der Waals surface area (Å²) in [5, 5.41) is 0.617. The standard InChI is InChI=1S/C20H20BrClN2O4S/c21-16-2-1-3-18(12-16)29(26,27)24-8-6-23(7-9-24)20(25)15-10-14-11-17(22)4-5-19(14)28-13-15/h1-5,11-12,15H,6-10,13H2/t15-/m0/s1. The number of rotatable bonds is 3. The molecule has 29 heavy (non-hydrogen) atoms. The molecule has 0 spiro atoms. The molecule has 1 amide bonds. The van der Waals surface area contributed by atoms with Crippen LogP contribution in [0.4, 0.5) is 0 Å². The number of carbonyl (C=O) groups excluding carboxylic acids is 1. The van der Waals surface area contributed by atoms with Crippen LogP contribution in [0.5, 0.6) is 5.75 Å². The minimum atomic E-state index is -3.58. The molecule has 2 aromatic carbocycles. The Labute approximate surface area is 183 Å². The minimum absolute atomic E-state index is 0.00451. The number of halogens is 2. The molecule has 6 nitrogen and oxygen atoms in total. The lowest BCUT2D eigenvalue weighted by Crippen LogP contribution is -2.52. The van der Waals surface area contributed by atoms with Crippen molar-refractivity contribution in [3.63, 3.8) is 0 Å². The molecule has 0 N–H and O–H groups in total. The monoisotopic (exact) mass is 498 g/mol. The maximum Gasteiger partial charge on any atom is 0.243 e. The van der Waals surface area contributed by atoms with Gasteiger partial charge in [-0.1, -0.05) is 33.6 Å². The van der Waals surface area contributed by atoms with Gasteiger partial charge in [0.25, 0.3) is 0 Å². The summed E-state index contributed by atoms with van der Waals surface area (Å²) in [4.78, 5) is 14.9. The van der Waals surface area contributed by atoms with E-state index in [0.717, 1.165) is 11.3 Å². The van der Waals surface area contributed by atoms with Crippen molar-refractivity contribution in [2.75, 3.05) is 32.8 Å². The average molecular weight is 500 g/mol. The van der Waals surface area contributed by atoms with E-state index in [1.165, 1.54) is 4.31 Å². The zero-order valence-electron chi connectivity index (χ0n) is 15.6. The molecule has 4 rings (SSSR count). The number of hydrogen-bond acceptors (Lipinski definition) is 4. The molecule has 0 bridgehead atoms. The van der Waals surface area contributed by atoms with Gasteiger partial charge in [-0.3, -0.25) is 4.79 Å². The van der Waals surface area contributed by atoms with Crippen molar-refractivity contribution in [3.05, 3.63) is 57.5 Å². The smallest absolute Gasteiger partial charge is 0.243 e. The normalized spacial score (nSPS) is 20.1. The summed E-state index contributed by atoms with van der Waals surface area (Å²) in [6.07, 6.45) is 0.575. The van der Waals surface area contributed by atoms with E-state index in [1.807, 2.05) is 12.1 Å². The van der Waals surface area contributed by atoms with Crippen molar-refractivity contribution >= 4 is 43.5 Å². The van der Waals surface area contributed by atoms with E-state index in [0.29, 0.717) is 35.6 Å². The van der Waals surface area contributed by atoms with Crippen molar-refractivity contribution in [2.24, 2.45) is 5.92 Å². The Morgan fingerprint density at radius 3 is 2.59 bits per heavy atom. The lowest BCUT2D eigenvalue weighted by molar-refractivity contribution is -0.138. The van der Waals surface area contributed by atoms with Crippen LogP contribution < -0.4 is 4.74 Å². The van der Waals surface area contributed by atoms with E-state index in [-0.39, 0.29) is 29.8 Å². The second-order valence-corrected chi connectivity index (χ2v) is 10.4. The topological polar surface area (TPSA) is 66.9 Å².